The molecule has 196 valence electrons. The van der Waals surface area contributed by atoms with Crippen LogP contribution in [0, 0.1) is 5.92 Å². The van der Waals surface area contributed by atoms with Gasteiger partial charge in [0.05, 0.1) is 25.6 Å². The van der Waals surface area contributed by atoms with Gasteiger partial charge in [-0.2, -0.15) is 5.10 Å². The number of nitrogens with one attached hydrogen (secondary N) is 1. The van der Waals surface area contributed by atoms with Gasteiger partial charge in [-0.25, -0.2) is 4.68 Å². The molecule has 0 unspecified atom stereocenters. The van der Waals surface area contributed by atoms with Crippen LogP contribution in [0.25, 0.3) is 16.9 Å². The van der Waals surface area contributed by atoms with Gasteiger partial charge in [-0.05, 0) is 54.4 Å². The molecule has 1 N–H and O–H groups in total. The number of anilines is 1. The second-order valence-electron chi connectivity index (χ2n) is 9.25. The van der Waals surface area contributed by atoms with Crippen molar-refractivity contribution in [3.8, 4) is 28.4 Å². The van der Waals surface area contributed by atoms with Gasteiger partial charge in [-0.3, -0.25) is 9.59 Å². The largest absolute Gasteiger partial charge is 0.497 e. The quantitative estimate of drug-likeness (QED) is 0.312. The monoisotopic (exact) mass is 512 g/mol. The number of aromatic nitrogens is 2. The summed E-state index contributed by atoms with van der Waals surface area (Å²) >= 11 is 0. The SMILES string of the molecule is COc1ccc(C(=O)N(CC(=O)Nc2cc(-c3ccccc3)nn2-c2ccc(OC)cc2)CC(C)C)cc1. The van der Waals surface area contributed by atoms with Crippen LogP contribution in [0.5, 0.6) is 11.5 Å². The van der Waals surface area contributed by atoms with Crippen molar-refractivity contribution in [2.24, 2.45) is 5.92 Å². The van der Waals surface area contributed by atoms with Gasteiger partial charge < -0.3 is 19.7 Å². The van der Waals surface area contributed by atoms with Gasteiger partial charge in [0, 0.05) is 23.7 Å². The van der Waals surface area contributed by atoms with E-state index < -0.39 is 0 Å². The van der Waals surface area contributed by atoms with Crippen molar-refractivity contribution in [3.63, 3.8) is 0 Å². The van der Waals surface area contributed by atoms with E-state index in [4.69, 9.17) is 14.6 Å². The lowest BCUT2D eigenvalue weighted by molar-refractivity contribution is -0.117. The van der Waals surface area contributed by atoms with Crippen molar-refractivity contribution in [2.75, 3.05) is 32.6 Å². The molecule has 0 spiro atoms. The summed E-state index contributed by atoms with van der Waals surface area (Å²) in [5.74, 6) is 1.53. The van der Waals surface area contributed by atoms with Crippen LogP contribution in [0.15, 0.2) is 84.9 Å². The highest BCUT2D eigenvalue weighted by Crippen LogP contribution is 2.26. The Morgan fingerprint density at radius 1 is 0.895 bits per heavy atom. The summed E-state index contributed by atoms with van der Waals surface area (Å²) < 4.78 is 12.2. The smallest absolute Gasteiger partial charge is 0.254 e. The fourth-order valence-corrected chi connectivity index (χ4v) is 4.07. The average Bonchev–Trinajstić information content (AvgIpc) is 3.36. The Hall–Kier alpha value is -4.59. The van der Waals surface area contributed by atoms with Crippen molar-refractivity contribution in [2.45, 2.75) is 13.8 Å². The Bertz CT molecular complexity index is 1360. The van der Waals surface area contributed by atoms with Gasteiger partial charge in [-0.15, -0.1) is 0 Å². The van der Waals surface area contributed by atoms with Crippen LogP contribution < -0.4 is 14.8 Å². The highest BCUT2D eigenvalue weighted by atomic mass is 16.5. The molecule has 2 amide bonds. The van der Waals surface area contributed by atoms with E-state index in [9.17, 15) is 9.59 Å². The summed E-state index contributed by atoms with van der Waals surface area (Å²) in [5.41, 5.74) is 2.89. The zero-order valence-electron chi connectivity index (χ0n) is 22.0. The summed E-state index contributed by atoms with van der Waals surface area (Å²) in [6.45, 7) is 4.36. The Balaban J connectivity index is 1.60. The highest BCUT2D eigenvalue weighted by Gasteiger charge is 2.22. The molecule has 1 heterocycles. The van der Waals surface area contributed by atoms with E-state index in [1.165, 1.54) is 0 Å². The minimum Gasteiger partial charge on any atom is -0.497 e. The third-order valence-electron chi connectivity index (χ3n) is 5.91. The first kappa shape index (κ1) is 26.5. The Morgan fingerprint density at radius 3 is 2.08 bits per heavy atom. The zero-order valence-corrected chi connectivity index (χ0v) is 22.0. The fraction of sp³-hybridized carbons (Fsp3) is 0.233. The highest BCUT2D eigenvalue weighted by molar-refractivity contribution is 5.99. The molecule has 4 rings (SSSR count). The molecule has 0 aliphatic heterocycles. The van der Waals surface area contributed by atoms with E-state index in [-0.39, 0.29) is 24.3 Å². The lowest BCUT2D eigenvalue weighted by atomic mass is 10.1. The molecule has 38 heavy (non-hydrogen) atoms. The molecule has 0 atom stereocenters. The Morgan fingerprint density at radius 2 is 1.50 bits per heavy atom. The minimum atomic E-state index is -0.318. The van der Waals surface area contributed by atoms with Crippen LogP contribution in [0.3, 0.4) is 0 Å². The summed E-state index contributed by atoms with van der Waals surface area (Å²) in [4.78, 5) is 28.1. The van der Waals surface area contributed by atoms with Gasteiger partial charge in [0.1, 0.15) is 23.9 Å². The van der Waals surface area contributed by atoms with Crippen LogP contribution in [0.1, 0.15) is 24.2 Å². The number of methoxy groups -OCH3 is 2. The summed E-state index contributed by atoms with van der Waals surface area (Å²) in [7, 11) is 3.18. The maximum atomic E-state index is 13.3. The molecule has 0 bridgehead atoms. The first-order chi connectivity index (χ1) is 18.4. The standard InChI is InChI=1S/C30H32N4O4/c1-21(2)19-33(30(36)23-10-14-25(37-3)15-11-23)20-29(35)31-28-18-27(22-8-6-5-7-9-22)32-34(28)24-12-16-26(38-4)17-13-24/h5-18,21H,19-20H2,1-4H3,(H,31,35). The number of amides is 2. The molecule has 8 nitrogen and oxygen atoms in total. The summed E-state index contributed by atoms with van der Waals surface area (Å²) in [5, 5.41) is 7.73. The molecule has 0 fully saturated rings. The molecule has 3 aromatic carbocycles. The first-order valence-electron chi connectivity index (χ1n) is 12.4. The molecule has 0 radical (unpaired) electrons. The number of rotatable bonds is 10. The minimum absolute atomic E-state index is 0.0997. The van der Waals surface area contributed by atoms with Crippen molar-refractivity contribution in [3.05, 3.63) is 90.5 Å². The molecular weight excluding hydrogens is 480 g/mol. The lowest BCUT2D eigenvalue weighted by Gasteiger charge is -2.24. The zero-order chi connectivity index (χ0) is 27.1. The van der Waals surface area contributed by atoms with Crippen molar-refractivity contribution in [1.29, 1.82) is 0 Å². The Kier molecular flexibility index (Phi) is 8.43. The van der Waals surface area contributed by atoms with Crippen LogP contribution in [0.4, 0.5) is 5.82 Å². The molecule has 8 heteroatoms. The molecule has 0 saturated carbocycles. The number of carbonyl (C=O) groups excluding carboxylic acids is 2. The molecular formula is C30H32N4O4. The van der Waals surface area contributed by atoms with E-state index in [1.54, 1.807) is 48.1 Å². The van der Waals surface area contributed by atoms with Crippen LogP contribution in [0.2, 0.25) is 0 Å². The maximum Gasteiger partial charge on any atom is 0.254 e. The van der Waals surface area contributed by atoms with Crippen molar-refractivity contribution in [1.82, 2.24) is 14.7 Å². The normalized spacial score (nSPS) is 10.8. The molecule has 4 aromatic rings. The van der Waals surface area contributed by atoms with Crippen LogP contribution in [-0.2, 0) is 4.79 Å². The lowest BCUT2D eigenvalue weighted by Crippen LogP contribution is -2.40. The number of carbonyl (C=O) groups is 2. The maximum absolute atomic E-state index is 13.3. The predicted octanol–water partition coefficient (Wildman–Crippen LogP) is 5.29. The predicted molar refractivity (Wildman–Crippen MR) is 148 cm³/mol. The van der Waals surface area contributed by atoms with E-state index in [0.29, 0.717) is 29.4 Å². The number of hydrogen-bond donors (Lipinski definition) is 1. The van der Waals surface area contributed by atoms with E-state index in [2.05, 4.69) is 5.32 Å². The molecule has 0 aliphatic rings. The van der Waals surface area contributed by atoms with Gasteiger partial charge >= 0.3 is 0 Å². The number of nitrogens with zero attached hydrogens (tertiary/aromatic N) is 3. The van der Waals surface area contributed by atoms with Crippen molar-refractivity contribution < 1.29 is 19.1 Å². The first-order valence-corrected chi connectivity index (χ1v) is 12.4. The van der Waals surface area contributed by atoms with E-state index >= 15 is 0 Å². The molecule has 0 saturated heterocycles. The van der Waals surface area contributed by atoms with E-state index in [0.717, 1.165) is 17.0 Å². The van der Waals surface area contributed by atoms with Crippen LogP contribution >= 0.6 is 0 Å². The Labute approximate surface area is 222 Å². The summed E-state index contributed by atoms with van der Waals surface area (Å²) in [6, 6.07) is 25.9. The third kappa shape index (κ3) is 6.39. The van der Waals surface area contributed by atoms with Gasteiger partial charge in [0.15, 0.2) is 0 Å². The second kappa shape index (κ2) is 12.1. The fourth-order valence-electron chi connectivity index (χ4n) is 4.07. The number of benzene rings is 3. The second-order valence-corrected chi connectivity index (χ2v) is 9.25. The number of ether oxygens (including phenoxy) is 2. The van der Waals surface area contributed by atoms with Gasteiger partial charge in [-0.1, -0.05) is 44.2 Å². The van der Waals surface area contributed by atoms with Gasteiger partial charge in [0.25, 0.3) is 5.91 Å². The third-order valence-corrected chi connectivity index (χ3v) is 5.91. The molecule has 1 aromatic heterocycles. The summed E-state index contributed by atoms with van der Waals surface area (Å²) in [6.07, 6.45) is 0. The number of hydrogen-bond acceptors (Lipinski definition) is 5. The van der Waals surface area contributed by atoms with Crippen LogP contribution in [-0.4, -0.2) is 53.8 Å². The van der Waals surface area contributed by atoms with E-state index in [1.807, 2.05) is 74.5 Å². The van der Waals surface area contributed by atoms with Gasteiger partial charge in [0.2, 0.25) is 5.91 Å². The van der Waals surface area contributed by atoms with Crippen molar-refractivity contribution >= 4 is 17.6 Å². The molecule has 0 aliphatic carbocycles. The topological polar surface area (TPSA) is 85.7 Å². The average molecular weight is 513 g/mol.